The van der Waals surface area contributed by atoms with E-state index in [1.807, 2.05) is 0 Å². The molecule has 0 radical (unpaired) electrons. The highest BCUT2D eigenvalue weighted by Crippen LogP contribution is 2.29. The van der Waals surface area contributed by atoms with E-state index in [9.17, 15) is 0 Å². The Bertz CT molecular complexity index is 316. The van der Waals surface area contributed by atoms with Crippen LogP contribution in [0.2, 0.25) is 0 Å². The summed E-state index contributed by atoms with van der Waals surface area (Å²) in [7, 11) is 0. The summed E-state index contributed by atoms with van der Waals surface area (Å²) in [6.45, 7) is 3.33. The zero-order valence-electron chi connectivity index (χ0n) is 10.2. The highest BCUT2D eigenvalue weighted by molar-refractivity contribution is 7.98. The molecule has 2 rings (SSSR count). The van der Waals surface area contributed by atoms with E-state index in [-0.39, 0.29) is 0 Å². The molecule has 0 heterocycles. The molecular weight excluding hydrogens is 214 g/mol. The molecule has 1 nitrogen and oxygen atoms in total. The second-order valence-electron chi connectivity index (χ2n) is 4.71. The van der Waals surface area contributed by atoms with E-state index in [1.165, 1.54) is 29.7 Å². The van der Waals surface area contributed by atoms with Crippen molar-refractivity contribution >= 4 is 11.8 Å². The van der Waals surface area contributed by atoms with Crippen LogP contribution >= 0.6 is 11.8 Å². The van der Waals surface area contributed by atoms with Gasteiger partial charge < -0.3 is 5.32 Å². The average molecular weight is 235 g/mol. The van der Waals surface area contributed by atoms with Gasteiger partial charge in [-0.2, -0.15) is 0 Å². The van der Waals surface area contributed by atoms with Crippen molar-refractivity contribution in [3.63, 3.8) is 0 Å². The van der Waals surface area contributed by atoms with Gasteiger partial charge in [0, 0.05) is 17.5 Å². The molecule has 88 valence electrons. The Hall–Kier alpha value is -0.470. The fourth-order valence-electron chi connectivity index (χ4n) is 2.13. The highest BCUT2D eigenvalue weighted by Gasteiger charge is 2.23. The van der Waals surface area contributed by atoms with Crippen molar-refractivity contribution in [3.05, 3.63) is 29.8 Å². The van der Waals surface area contributed by atoms with Crippen LogP contribution in [0.1, 0.15) is 31.7 Å². The van der Waals surface area contributed by atoms with Crippen molar-refractivity contribution in [2.45, 2.75) is 43.7 Å². The molecule has 1 aliphatic rings. The SMILES string of the molecule is CSc1ccc(CN[C@@H](C)C2CCC2)cc1. The minimum atomic E-state index is 0.675. The van der Waals surface area contributed by atoms with Gasteiger partial charge in [0.2, 0.25) is 0 Å². The lowest BCUT2D eigenvalue weighted by Gasteiger charge is -2.32. The van der Waals surface area contributed by atoms with Crippen LogP contribution in [-0.4, -0.2) is 12.3 Å². The minimum absolute atomic E-state index is 0.675. The molecule has 0 aromatic heterocycles. The molecule has 0 bridgehead atoms. The van der Waals surface area contributed by atoms with E-state index in [0.29, 0.717) is 6.04 Å². The molecule has 0 aliphatic heterocycles. The summed E-state index contributed by atoms with van der Waals surface area (Å²) in [6, 6.07) is 9.54. The number of rotatable bonds is 5. The monoisotopic (exact) mass is 235 g/mol. The summed E-state index contributed by atoms with van der Waals surface area (Å²) < 4.78 is 0. The van der Waals surface area contributed by atoms with Crippen LogP contribution in [-0.2, 0) is 6.54 Å². The lowest BCUT2D eigenvalue weighted by molar-refractivity contribution is 0.240. The second-order valence-corrected chi connectivity index (χ2v) is 5.59. The van der Waals surface area contributed by atoms with Crippen LogP contribution < -0.4 is 5.32 Å². The van der Waals surface area contributed by atoms with E-state index in [0.717, 1.165) is 12.5 Å². The predicted molar refractivity (Wildman–Crippen MR) is 71.9 cm³/mol. The number of hydrogen-bond acceptors (Lipinski definition) is 2. The molecular formula is C14H21NS. The van der Waals surface area contributed by atoms with Crippen LogP contribution in [0.3, 0.4) is 0 Å². The summed E-state index contributed by atoms with van der Waals surface area (Å²) in [5.41, 5.74) is 1.39. The van der Waals surface area contributed by atoms with Gasteiger partial charge in [-0.1, -0.05) is 18.6 Å². The van der Waals surface area contributed by atoms with Crippen molar-refractivity contribution in [2.24, 2.45) is 5.92 Å². The molecule has 1 fully saturated rings. The molecule has 1 N–H and O–H groups in total. The molecule has 1 saturated carbocycles. The quantitative estimate of drug-likeness (QED) is 0.781. The van der Waals surface area contributed by atoms with E-state index in [1.54, 1.807) is 11.8 Å². The smallest absolute Gasteiger partial charge is 0.0208 e. The van der Waals surface area contributed by atoms with Gasteiger partial charge in [0.15, 0.2) is 0 Å². The lowest BCUT2D eigenvalue weighted by atomic mass is 9.80. The van der Waals surface area contributed by atoms with E-state index in [2.05, 4.69) is 42.8 Å². The first kappa shape index (κ1) is 12.0. The predicted octanol–water partition coefficient (Wildman–Crippen LogP) is 3.69. The van der Waals surface area contributed by atoms with Gasteiger partial charge in [-0.15, -0.1) is 11.8 Å². The van der Waals surface area contributed by atoms with Crippen molar-refractivity contribution in [1.82, 2.24) is 5.32 Å². The lowest BCUT2D eigenvalue weighted by Crippen LogP contribution is -2.36. The minimum Gasteiger partial charge on any atom is -0.310 e. The maximum Gasteiger partial charge on any atom is 0.0208 e. The van der Waals surface area contributed by atoms with Gasteiger partial charge >= 0.3 is 0 Å². The molecule has 0 amide bonds. The maximum absolute atomic E-state index is 3.63. The third kappa shape index (κ3) is 3.02. The van der Waals surface area contributed by atoms with Gasteiger partial charge in [0.1, 0.15) is 0 Å². The van der Waals surface area contributed by atoms with E-state index in [4.69, 9.17) is 0 Å². The van der Waals surface area contributed by atoms with Gasteiger partial charge in [0.05, 0.1) is 0 Å². The van der Waals surface area contributed by atoms with E-state index >= 15 is 0 Å². The standard InChI is InChI=1S/C14H21NS/c1-11(13-4-3-5-13)15-10-12-6-8-14(16-2)9-7-12/h6-9,11,13,15H,3-5,10H2,1-2H3/t11-/m0/s1. The molecule has 1 aromatic rings. The first-order valence-corrected chi connectivity index (χ1v) is 7.38. The van der Waals surface area contributed by atoms with Crippen LogP contribution in [0.4, 0.5) is 0 Å². The van der Waals surface area contributed by atoms with Crippen LogP contribution in [0.5, 0.6) is 0 Å². The Morgan fingerprint density at radius 1 is 1.31 bits per heavy atom. The molecule has 0 spiro atoms. The van der Waals surface area contributed by atoms with Crippen molar-refractivity contribution in [3.8, 4) is 0 Å². The summed E-state index contributed by atoms with van der Waals surface area (Å²) in [4.78, 5) is 1.34. The fourth-order valence-corrected chi connectivity index (χ4v) is 2.54. The Morgan fingerprint density at radius 3 is 2.50 bits per heavy atom. The Morgan fingerprint density at radius 2 is 2.00 bits per heavy atom. The van der Waals surface area contributed by atoms with Gasteiger partial charge in [-0.3, -0.25) is 0 Å². The molecule has 1 aromatic carbocycles. The fraction of sp³-hybridized carbons (Fsp3) is 0.571. The van der Waals surface area contributed by atoms with Crippen LogP contribution in [0.15, 0.2) is 29.2 Å². The molecule has 2 heteroatoms. The third-order valence-electron chi connectivity index (χ3n) is 3.64. The number of nitrogens with one attached hydrogen (secondary N) is 1. The summed E-state index contributed by atoms with van der Waals surface area (Å²) in [5.74, 6) is 0.922. The summed E-state index contributed by atoms with van der Waals surface area (Å²) in [5, 5.41) is 3.63. The summed E-state index contributed by atoms with van der Waals surface area (Å²) >= 11 is 1.80. The molecule has 0 unspecified atom stereocenters. The average Bonchev–Trinajstić information content (AvgIpc) is 2.25. The maximum atomic E-state index is 3.63. The largest absolute Gasteiger partial charge is 0.310 e. The van der Waals surface area contributed by atoms with Crippen LogP contribution in [0.25, 0.3) is 0 Å². The molecule has 16 heavy (non-hydrogen) atoms. The van der Waals surface area contributed by atoms with Crippen LogP contribution in [0, 0.1) is 5.92 Å². The van der Waals surface area contributed by atoms with Crippen molar-refractivity contribution in [1.29, 1.82) is 0 Å². The summed E-state index contributed by atoms with van der Waals surface area (Å²) in [6.07, 6.45) is 6.38. The van der Waals surface area contributed by atoms with E-state index < -0.39 is 0 Å². The first-order valence-electron chi connectivity index (χ1n) is 6.16. The van der Waals surface area contributed by atoms with Crippen molar-refractivity contribution in [2.75, 3.05) is 6.26 Å². The Kier molecular flexibility index (Phi) is 4.30. The normalized spacial score (nSPS) is 18.1. The number of benzene rings is 1. The zero-order chi connectivity index (χ0) is 11.4. The van der Waals surface area contributed by atoms with Gasteiger partial charge in [0.25, 0.3) is 0 Å². The number of hydrogen-bond donors (Lipinski definition) is 1. The molecule has 1 aliphatic carbocycles. The topological polar surface area (TPSA) is 12.0 Å². The second kappa shape index (κ2) is 5.74. The Labute approximate surface area is 103 Å². The molecule has 0 saturated heterocycles. The number of thioether (sulfide) groups is 1. The first-order chi connectivity index (χ1) is 7.79. The Balaban J connectivity index is 1.79. The van der Waals surface area contributed by atoms with Gasteiger partial charge in [-0.25, -0.2) is 0 Å². The highest BCUT2D eigenvalue weighted by atomic mass is 32.2. The third-order valence-corrected chi connectivity index (χ3v) is 4.39. The van der Waals surface area contributed by atoms with Gasteiger partial charge in [-0.05, 0) is 49.6 Å². The van der Waals surface area contributed by atoms with Crippen molar-refractivity contribution < 1.29 is 0 Å². The zero-order valence-corrected chi connectivity index (χ0v) is 11.0. The molecule has 1 atom stereocenters.